The molecule has 7 aromatic carbocycles. The SMILES string of the molecule is O=C(Oc1ccc(Cl)cc1)c1c(C(=O)Oc2ccc(Cl)cc2)c(C(=O)Oc2ccc(Cl)cc2)c(C(=O)Oc2ccc(Cl)cc2)c(C(=O)Oc2ccc(Cl)cc2)c1C(=O)Oc1ccc(Cl)cc1. The number of ether oxygens (including phenoxy) is 6. The van der Waals surface area contributed by atoms with E-state index in [1.807, 2.05) is 0 Å². The Labute approximate surface area is 403 Å². The highest BCUT2D eigenvalue weighted by Crippen LogP contribution is 2.36. The monoisotopic (exact) mass is 1000 g/mol. The number of halogens is 6. The maximum absolute atomic E-state index is 14.9. The molecule has 0 fully saturated rings. The zero-order valence-corrected chi connectivity index (χ0v) is 37.6. The molecule has 0 saturated heterocycles. The number of hydrogen-bond acceptors (Lipinski definition) is 12. The number of hydrogen-bond donors (Lipinski definition) is 0. The number of carbonyl (C=O) groups is 6. The summed E-state index contributed by atoms with van der Waals surface area (Å²) in [5, 5.41) is 1.40. The lowest BCUT2D eigenvalue weighted by atomic mass is 9.85. The second kappa shape index (κ2) is 20.9. The summed E-state index contributed by atoms with van der Waals surface area (Å²) in [6, 6.07) is 31.5. The first-order valence-electron chi connectivity index (χ1n) is 18.7. The number of rotatable bonds is 12. The Balaban J connectivity index is 1.61. The molecule has 0 bridgehead atoms. The maximum Gasteiger partial charge on any atom is 0.345 e. The lowest BCUT2D eigenvalue weighted by Crippen LogP contribution is -2.34. The second-order valence-corrected chi connectivity index (χ2v) is 15.9. The van der Waals surface area contributed by atoms with Crippen LogP contribution < -0.4 is 28.4 Å². The van der Waals surface area contributed by atoms with Gasteiger partial charge in [-0.3, -0.25) is 0 Å². The predicted molar refractivity (Wildman–Crippen MR) is 245 cm³/mol. The van der Waals surface area contributed by atoms with Crippen molar-refractivity contribution in [2.45, 2.75) is 0 Å². The van der Waals surface area contributed by atoms with Gasteiger partial charge < -0.3 is 28.4 Å². The Kier molecular flexibility index (Phi) is 14.9. The Hall–Kier alpha value is -6.90. The van der Waals surface area contributed by atoms with Gasteiger partial charge in [0.2, 0.25) is 0 Å². The molecule has 18 heteroatoms. The van der Waals surface area contributed by atoms with Gasteiger partial charge in [0.05, 0.1) is 33.4 Å². The van der Waals surface area contributed by atoms with Gasteiger partial charge in [-0.1, -0.05) is 69.6 Å². The quantitative estimate of drug-likeness (QED) is 0.0844. The van der Waals surface area contributed by atoms with Gasteiger partial charge in [-0.2, -0.15) is 0 Å². The summed E-state index contributed by atoms with van der Waals surface area (Å²) in [6.45, 7) is 0. The van der Waals surface area contributed by atoms with Crippen LogP contribution in [0.5, 0.6) is 34.5 Å². The molecule has 0 aliphatic heterocycles. The fourth-order valence-electron chi connectivity index (χ4n) is 5.94. The third-order valence-electron chi connectivity index (χ3n) is 8.87. The molecular weight excluding hydrogens is 981 g/mol. The largest absolute Gasteiger partial charge is 0.423 e. The highest BCUT2D eigenvalue weighted by molar-refractivity contribution is 6.32. The smallest absolute Gasteiger partial charge is 0.345 e. The molecular formula is C48H24Cl6O12. The van der Waals surface area contributed by atoms with Gasteiger partial charge >= 0.3 is 35.8 Å². The first-order valence-corrected chi connectivity index (χ1v) is 21.0. The average molecular weight is 1010 g/mol. The van der Waals surface area contributed by atoms with Gasteiger partial charge in [-0.25, -0.2) is 28.8 Å². The standard InChI is InChI=1S/C48H24Cl6O12/c49-25-1-13-31(14-2-25)61-43(55)37-38(44(56)62-32-15-3-26(50)4-16-32)40(46(58)64-34-19-7-28(52)8-20-34)42(48(60)66-36-23-11-30(54)12-24-36)41(47(59)65-35-21-9-29(53)10-22-35)39(37)45(57)63-33-17-5-27(51)6-18-33/h1-24H. The molecule has 0 amide bonds. The van der Waals surface area contributed by atoms with Crippen molar-refractivity contribution in [3.63, 3.8) is 0 Å². The maximum atomic E-state index is 14.9. The first kappa shape index (κ1) is 47.1. The minimum absolute atomic E-state index is 0.208. The summed E-state index contributed by atoms with van der Waals surface area (Å²) >= 11 is 36.6. The third-order valence-corrected chi connectivity index (χ3v) is 10.4. The average Bonchev–Trinajstić information content (AvgIpc) is 3.29. The normalized spacial score (nSPS) is 10.6. The Morgan fingerprint density at radius 2 is 0.318 bits per heavy atom. The molecule has 7 aromatic rings. The van der Waals surface area contributed by atoms with Crippen LogP contribution in [0.4, 0.5) is 0 Å². The highest BCUT2D eigenvalue weighted by atomic mass is 35.5. The molecule has 0 atom stereocenters. The summed E-state index contributed by atoms with van der Waals surface area (Å²) in [7, 11) is 0. The summed E-state index contributed by atoms with van der Waals surface area (Å²) in [5.74, 6) is -10.7. The topological polar surface area (TPSA) is 158 Å². The summed E-state index contributed by atoms with van der Waals surface area (Å²) in [6.07, 6.45) is 0. The van der Waals surface area contributed by atoms with Crippen LogP contribution in [0, 0.1) is 0 Å². The summed E-state index contributed by atoms with van der Waals surface area (Å²) in [4.78, 5) is 89.5. The van der Waals surface area contributed by atoms with E-state index in [1.54, 1.807) is 0 Å². The van der Waals surface area contributed by atoms with Crippen LogP contribution in [-0.2, 0) is 0 Å². The van der Waals surface area contributed by atoms with Crippen molar-refractivity contribution in [2.24, 2.45) is 0 Å². The molecule has 0 aliphatic rings. The van der Waals surface area contributed by atoms with E-state index in [-0.39, 0.29) is 64.6 Å². The van der Waals surface area contributed by atoms with Crippen LogP contribution in [-0.4, -0.2) is 35.8 Å². The van der Waals surface area contributed by atoms with Gasteiger partial charge in [0.15, 0.2) is 0 Å². The van der Waals surface area contributed by atoms with Crippen molar-refractivity contribution in [3.05, 3.63) is 209 Å². The first-order chi connectivity index (χ1) is 31.6. The molecule has 0 N–H and O–H groups in total. The lowest BCUT2D eigenvalue weighted by Gasteiger charge is -2.22. The molecule has 0 unspecified atom stereocenters. The summed E-state index contributed by atoms with van der Waals surface area (Å²) in [5.41, 5.74) is -6.85. The van der Waals surface area contributed by atoms with Crippen molar-refractivity contribution >= 4 is 105 Å². The van der Waals surface area contributed by atoms with Crippen LogP contribution >= 0.6 is 69.6 Å². The zero-order valence-electron chi connectivity index (χ0n) is 33.0. The highest BCUT2D eigenvalue weighted by Gasteiger charge is 2.44. The molecule has 66 heavy (non-hydrogen) atoms. The van der Waals surface area contributed by atoms with E-state index in [0.29, 0.717) is 0 Å². The van der Waals surface area contributed by atoms with Crippen molar-refractivity contribution in [2.75, 3.05) is 0 Å². The number of benzene rings is 7. The predicted octanol–water partition coefficient (Wildman–Crippen LogP) is 12.9. The second-order valence-electron chi connectivity index (χ2n) is 13.3. The molecule has 330 valence electrons. The molecule has 0 aromatic heterocycles. The van der Waals surface area contributed by atoms with E-state index < -0.39 is 69.2 Å². The molecule has 0 saturated carbocycles. The van der Waals surface area contributed by atoms with E-state index >= 15 is 0 Å². The zero-order chi connectivity index (χ0) is 47.1. The minimum atomic E-state index is -1.57. The van der Waals surface area contributed by atoms with Crippen molar-refractivity contribution in [3.8, 4) is 34.5 Å². The Morgan fingerprint density at radius 3 is 0.424 bits per heavy atom. The van der Waals surface area contributed by atoms with Crippen LogP contribution in [0.2, 0.25) is 30.1 Å². The van der Waals surface area contributed by atoms with Crippen LogP contribution in [0.15, 0.2) is 146 Å². The van der Waals surface area contributed by atoms with E-state index in [0.717, 1.165) is 0 Å². The lowest BCUT2D eigenvalue weighted by molar-refractivity contribution is 0.0635. The van der Waals surface area contributed by atoms with E-state index in [9.17, 15) is 28.8 Å². The van der Waals surface area contributed by atoms with Crippen molar-refractivity contribution in [1.29, 1.82) is 0 Å². The third kappa shape index (κ3) is 11.5. The minimum Gasteiger partial charge on any atom is -0.423 e. The van der Waals surface area contributed by atoms with E-state index in [1.165, 1.54) is 146 Å². The van der Waals surface area contributed by atoms with E-state index in [4.69, 9.17) is 98.0 Å². The molecule has 12 nitrogen and oxygen atoms in total. The van der Waals surface area contributed by atoms with Crippen LogP contribution in [0.3, 0.4) is 0 Å². The molecule has 7 rings (SSSR count). The fourth-order valence-corrected chi connectivity index (χ4v) is 6.69. The Morgan fingerprint density at radius 1 is 0.212 bits per heavy atom. The molecule has 0 spiro atoms. The van der Waals surface area contributed by atoms with Gasteiger partial charge in [-0.15, -0.1) is 0 Å². The number of esters is 6. The molecule has 0 radical (unpaired) electrons. The molecule has 0 aliphatic carbocycles. The van der Waals surface area contributed by atoms with Crippen LogP contribution in [0.1, 0.15) is 62.1 Å². The van der Waals surface area contributed by atoms with Crippen molar-refractivity contribution in [1.82, 2.24) is 0 Å². The Bertz CT molecular complexity index is 2450. The number of carbonyl (C=O) groups excluding carboxylic acids is 6. The summed E-state index contributed by atoms with van der Waals surface area (Å²) < 4.78 is 34.2. The van der Waals surface area contributed by atoms with Crippen molar-refractivity contribution < 1.29 is 57.2 Å². The van der Waals surface area contributed by atoms with E-state index in [2.05, 4.69) is 0 Å². The van der Waals surface area contributed by atoms with Crippen LogP contribution in [0.25, 0.3) is 0 Å². The van der Waals surface area contributed by atoms with Gasteiger partial charge in [-0.05, 0) is 146 Å². The van der Waals surface area contributed by atoms with Gasteiger partial charge in [0.1, 0.15) is 34.5 Å². The fraction of sp³-hybridized carbons (Fsp3) is 0. The molecule has 0 heterocycles. The van der Waals surface area contributed by atoms with Gasteiger partial charge in [0.25, 0.3) is 0 Å². The van der Waals surface area contributed by atoms with Gasteiger partial charge in [0, 0.05) is 30.1 Å².